The third-order valence-corrected chi connectivity index (χ3v) is 12.2. The Morgan fingerprint density at radius 1 is 0.882 bits per heavy atom. The standard InChI is InChI=1S/C46H57NO21/c1-9-61-29(67-45-43(65-23(6)51)41(64-22(5)50)40(63-21(4)49)42(68-45)44(57)60-8)14-11-15-47-26-16-30(62-19(2)35(26)52)66-28-18-46(58,20(3)48)17-25-32(28)39(56)34-33(37(25)54)36(53)24-12-10-13-27(59-7)31(24)38(34)55/h10,12-13,19,26,28-30,35,40-43,45,47,52,54,56,58H,9,11,14-18H2,1-8H3/t19-,26+,28?,29?,30-,35+,40-,41-,42-,43+,45+,46?/m0/s1. The van der Waals surface area contributed by atoms with E-state index < -0.39 is 150 Å². The van der Waals surface area contributed by atoms with Crippen LogP contribution in [0.25, 0.3) is 0 Å². The second kappa shape index (κ2) is 21.4. The van der Waals surface area contributed by atoms with Crippen molar-refractivity contribution in [1.29, 1.82) is 0 Å². The summed E-state index contributed by atoms with van der Waals surface area (Å²) in [7, 11) is 2.37. The number of benzene rings is 2. The molecule has 0 bridgehead atoms. The SMILES string of the molecule is CCOC(CCCN[C@@H]1C[C@H](OC2CC(O)(C(C)=O)Cc3c(O)c4c(c(O)c32)C(=O)c2c(OC)cccc2C4=O)O[C@@H](C)[C@H]1O)O[C@@H]1O[C@H](C(=O)OC)[C@@H](OC(C)=O)[C@H](OC(C)=O)[C@H]1OC(C)=O. The minimum Gasteiger partial charge on any atom is -0.507 e. The number of methoxy groups -OCH3 is 2. The van der Waals surface area contributed by atoms with E-state index in [4.69, 9.17) is 47.4 Å². The van der Waals surface area contributed by atoms with E-state index in [1.54, 1.807) is 13.8 Å². The Hall–Kier alpha value is -5.59. The van der Waals surface area contributed by atoms with Crippen LogP contribution in [-0.2, 0) is 73.0 Å². The summed E-state index contributed by atoms with van der Waals surface area (Å²) in [6.07, 6.45) is -14.2. The molecule has 22 heteroatoms. The van der Waals surface area contributed by atoms with Crippen molar-refractivity contribution in [3.05, 3.63) is 51.6 Å². The fourth-order valence-electron chi connectivity index (χ4n) is 9.10. The van der Waals surface area contributed by atoms with Crippen LogP contribution in [0.1, 0.15) is 116 Å². The number of ether oxygens (including phenoxy) is 10. The molecule has 2 saturated heterocycles. The van der Waals surface area contributed by atoms with Crippen LogP contribution < -0.4 is 10.1 Å². The zero-order valence-corrected chi connectivity index (χ0v) is 38.8. The molecule has 2 aromatic rings. The molecule has 12 atom stereocenters. The molecule has 2 aliphatic heterocycles. The van der Waals surface area contributed by atoms with Crippen molar-refractivity contribution in [2.75, 3.05) is 27.4 Å². The number of carbonyl (C=O) groups excluding carboxylic acids is 7. The van der Waals surface area contributed by atoms with Gasteiger partial charge in [-0.25, -0.2) is 4.79 Å². The van der Waals surface area contributed by atoms with Crippen molar-refractivity contribution in [3.8, 4) is 17.2 Å². The summed E-state index contributed by atoms with van der Waals surface area (Å²) >= 11 is 0. The summed E-state index contributed by atoms with van der Waals surface area (Å²) in [6, 6.07) is 3.63. The molecule has 68 heavy (non-hydrogen) atoms. The van der Waals surface area contributed by atoms with Crippen molar-refractivity contribution in [3.63, 3.8) is 0 Å². The molecule has 2 aromatic carbocycles. The van der Waals surface area contributed by atoms with Gasteiger partial charge in [-0.3, -0.25) is 28.8 Å². The molecule has 0 radical (unpaired) electrons. The average molecular weight is 960 g/mol. The molecule has 5 N–H and O–H groups in total. The van der Waals surface area contributed by atoms with E-state index in [9.17, 15) is 54.0 Å². The number of aliphatic hydroxyl groups is 2. The Morgan fingerprint density at radius 2 is 1.53 bits per heavy atom. The van der Waals surface area contributed by atoms with Crippen molar-refractivity contribution >= 4 is 41.2 Å². The summed E-state index contributed by atoms with van der Waals surface area (Å²) in [5, 5.41) is 49.7. The Morgan fingerprint density at radius 3 is 2.15 bits per heavy atom. The third kappa shape index (κ3) is 10.5. The Balaban J connectivity index is 1.19. The largest absolute Gasteiger partial charge is 0.507 e. The van der Waals surface area contributed by atoms with Crippen molar-refractivity contribution in [2.24, 2.45) is 0 Å². The number of rotatable bonds is 17. The minimum absolute atomic E-state index is 0.0309. The van der Waals surface area contributed by atoms with Gasteiger partial charge in [0, 0.05) is 69.4 Å². The lowest BCUT2D eigenvalue weighted by molar-refractivity contribution is -0.334. The van der Waals surface area contributed by atoms with Gasteiger partial charge in [0.25, 0.3) is 0 Å². The van der Waals surface area contributed by atoms with Crippen LogP contribution in [0, 0.1) is 0 Å². The number of phenols is 2. The van der Waals surface area contributed by atoms with Crippen molar-refractivity contribution < 1.29 is 101 Å². The van der Waals surface area contributed by atoms with Gasteiger partial charge in [-0.15, -0.1) is 0 Å². The maximum Gasteiger partial charge on any atom is 0.339 e. The van der Waals surface area contributed by atoms with Crippen molar-refractivity contribution in [1.82, 2.24) is 5.32 Å². The highest BCUT2D eigenvalue weighted by atomic mass is 16.8. The summed E-state index contributed by atoms with van der Waals surface area (Å²) in [5.41, 5.74) is -3.62. The lowest BCUT2D eigenvalue weighted by atomic mass is 9.72. The predicted octanol–water partition coefficient (Wildman–Crippen LogP) is 1.51. The fraction of sp³-hybridized carbons (Fsp3) is 0.587. The van der Waals surface area contributed by atoms with E-state index >= 15 is 0 Å². The molecule has 22 nitrogen and oxygen atoms in total. The fourth-order valence-corrected chi connectivity index (χ4v) is 9.10. The maximum atomic E-state index is 14.0. The molecule has 0 spiro atoms. The van der Waals surface area contributed by atoms with Gasteiger partial charge in [0.2, 0.25) is 12.1 Å². The number of Topliss-reactive ketones (excluding diaryl/α,β-unsaturated/α-hetero) is 1. The summed E-state index contributed by atoms with van der Waals surface area (Å²) in [5.74, 6) is -7.19. The van der Waals surface area contributed by atoms with Crippen LogP contribution in [-0.4, -0.2) is 156 Å². The van der Waals surface area contributed by atoms with E-state index in [-0.39, 0.29) is 54.0 Å². The molecular formula is C46H57NO21. The number of fused-ring (bicyclic) bond motifs is 3. The number of phenolic OH excluding ortho intramolecular Hbond substituents is 2. The van der Waals surface area contributed by atoms with Gasteiger partial charge in [-0.1, -0.05) is 12.1 Å². The molecular weight excluding hydrogens is 902 g/mol. The van der Waals surface area contributed by atoms with Gasteiger partial charge >= 0.3 is 23.9 Å². The zero-order valence-electron chi connectivity index (χ0n) is 38.8. The summed E-state index contributed by atoms with van der Waals surface area (Å²) in [6.45, 7) is 7.93. The highest BCUT2D eigenvalue weighted by Crippen LogP contribution is 2.52. The van der Waals surface area contributed by atoms with Crippen LogP contribution in [0.5, 0.6) is 17.2 Å². The van der Waals surface area contributed by atoms with Gasteiger partial charge < -0.3 is 73.1 Å². The lowest BCUT2D eigenvalue weighted by Gasteiger charge is -2.44. The first-order valence-electron chi connectivity index (χ1n) is 22.0. The van der Waals surface area contributed by atoms with Crippen molar-refractivity contribution in [2.45, 2.75) is 147 Å². The quantitative estimate of drug-likeness (QED) is 0.0421. The highest BCUT2D eigenvalue weighted by Gasteiger charge is 2.56. The van der Waals surface area contributed by atoms with Crippen LogP contribution >= 0.6 is 0 Å². The van der Waals surface area contributed by atoms with Crippen LogP contribution in [0.2, 0.25) is 0 Å². The molecule has 4 aliphatic rings. The van der Waals surface area contributed by atoms with E-state index in [1.807, 2.05) is 0 Å². The maximum absolute atomic E-state index is 14.0. The molecule has 6 rings (SSSR count). The summed E-state index contributed by atoms with van der Waals surface area (Å²) in [4.78, 5) is 90.4. The highest BCUT2D eigenvalue weighted by molar-refractivity contribution is 6.31. The van der Waals surface area contributed by atoms with Gasteiger partial charge in [-0.2, -0.15) is 0 Å². The second-order valence-electron chi connectivity index (χ2n) is 16.9. The molecule has 0 aromatic heterocycles. The van der Waals surface area contributed by atoms with Gasteiger partial charge in [0.05, 0.1) is 49.2 Å². The first kappa shape index (κ1) is 51.8. The van der Waals surface area contributed by atoms with Crippen LogP contribution in [0.15, 0.2) is 18.2 Å². The number of aromatic hydroxyl groups is 2. The van der Waals surface area contributed by atoms with E-state index in [2.05, 4.69) is 5.32 Å². The van der Waals surface area contributed by atoms with Gasteiger partial charge in [0.15, 0.2) is 48.6 Å². The Labute approximate surface area is 390 Å². The number of ketones is 3. The Kier molecular flexibility index (Phi) is 16.3. The number of carbonyl (C=O) groups is 7. The first-order valence-corrected chi connectivity index (χ1v) is 22.0. The Bertz CT molecular complexity index is 2300. The monoisotopic (exact) mass is 959 g/mol. The molecule has 3 unspecified atom stereocenters. The summed E-state index contributed by atoms with van der Waals surface area (Å²) < 4.78 is 56.6. The minimum atomic E-state index is -2.14. The van der Waals surface area contributed by atoms with Gasteiger partial charge in [-0.05, 0) is 46.2 Å². The van der Waals surface area contributed by atoms with E-state index in [0.29, 0.717) is 6.42 Å². The third-order valence-electron chi connectivity index (χ3n) is 12.2. The van der Waals surface area contributed by atoms with Crippen LogP contribution in [0.3, 0.4) is 0 Å². The number of nitrogens with one attached hydrogen (secondary N) is 1. The van der Waals surface area contributed by atoms with Crippen LogP contribution in [0.4, 0.5) is 0 Å². The van der Waals surface area contributed by atoms with Gasteiger partial charge in [0.1, 0.15) is 22.8 Å². The molecule has 0 saturated carbocycles. The number of aliphatic hydroxyl groups excluding tert-OH is 1. The number of esters is 4. The zero-order chi connectivity index (χ0) is 49.9. The first-order chi connectivity index (χ1) is 32.2. The molecule has 2 fully saturated rings. The van der Waals surface area contributed by atoms with E-state index in [0.717, 1.165) is 34.8 Å². The number of hydrogen-bond donors (Lipinski definition) is 5. The molecule has 2 aliphatic carbocycles. The molecule has 372 valence electrons. The topological polar surface area (TPSA) is 305 Å². The second-order valence-corrected chi connectivity index (χ2v) is 16.9. The smallest absolute Gasteiger partial charge is 0.339 e. The number of hydrogen-bond acceptors (Lipinski definition) is 22. The lowest BCUT2D eigenvalue weighted by Crippen LogP contribution is -2.64. The molecule has 2 heterocycles. The normalized spacial score (nSPS) is 29.1. The average Bonchev–Trinajstić information content (AvgIpc) is 3.27. The predicted molar refractivity (Wildman–Crippen MR) is 227 cm³/mol. The molecule has 0 amide bonds. The van der Waals surface area contributed by atoms with E-state index in [1.165, 1.54) is 25.3 Å².